The molecule has 1 aromatic heterocycles. The van der Waals surface area contributed by atoms with Crippen molar-refractivity contribution in [2.45, 2.75) is 19.5 Å². The first-order chi connectivity index (χ1) is 10.2. The van der Waals surface area contributed by atoms with Gasteiger partial charge in [0.1, 0.15) is 0 Å². The van der Waals surface area contributed by atoms with Crippen molar-refractivity contribution in [3.05, 3.63) is 40.1 Å². The summed E-state index contributed by atoms with van der Waals surface area (Å²) in [6.07, 6.45) is 0. The van der Waals surface area contributed by atoms with Gasteiger partial charge < -0.3 is 19.5 Å². The highest BCUT2D eigenvalue weighted by Gasteiger charge is 2.16. The second-order valence-corrected chi connectivity index (χ2v) is 5.47. The number of methoxy groups -OCH3 is 3. The van der Waals surface area contributed by atoms with Gasteiger partial charge in [0, 0.05) is 12.6 Å². The third-order valence-corrected chi connectivity index (χ3v) is 4.11. The molecule has 5 heteroatoms. The molecular formula is C16H21NO3S. The quantitative estimate of drug-likeness (QED) is 0.848. The van der Waals surface area contributed by atoms with E-state index in [9.17, 15) is 0 Å². The lowest BCUT2D eigenvalue weighted by atomic mass is 10.1. The molecular weight excluding hydrogens is 286 g/mol. The maximum absolute atomic E-state index is 5.39. The SMILES string of the molecule is COc1cc(C(C)NCc2ccsc2)cc(OC)c1OC. The Bertz CT molecular complexity index is 544. The van der Waals surface area contributed by atoms with Gasteiger partial charge in [-0.2, -0.15) is 11.3 Å². The molecule has 0 amide bonds. The summed E-state index contributed by atoms with van der Waals surface area (Å²) in [5, 5.41) is 7.73. The fourth-order valence-electron chi connectivity index (χ4n) is 2.13. The summed E-state index contributed by atoms with van der Waals surface area (Å²) in [6, 6.07) is 6.26. The van der Waals surface area contributed by atoms with Crippen LogP contribution in [-0.2, 0) is 6.54 Å². The highest BCUT2D eigenvalue weighted by Crippen LogP contribution is 2.39. The molecule has 0 spiro atoms. The van der Waals surface area contributed by atoms with E-state index in [4.69, 9.17) is 14.2 Å². The number of ether oxygens (including phenoxy) is 3. The second kappa shape index (κ2) is 7.33. The first-order valence-electron chi connectivity index (χ1n) is 6.74. The summed E-state index contributed by atoms with van der Waals surface area (Å²) in [6.45, 7) is 2.95. The number of thiophene rings is 1. The van der Waals surface area contributed by atoms with E-state index in [1.165, 1.54) is 5.56 Å². The van der Waals surface area contributed by atoms with Gasteiger partial charge in [-0.1, -0.05) is 0 Å². The van der Waals surface area contributed by atoms with Gasteiger partial charge in [0.2, 0.25) is 5.75 Å². The van der Waals surface area contributed by atoms with Gasteiger partial charge in [-0.15, -0.1) is 0 Å². The minimum atomic E-state index is 0.179. The standard InChI is InChI=1S/C16H21NO3S/c1-11(17-9-12-5-6-21-10-12)13-7-14(18-2)16(20-4)15(8-13)19-3/h5-8,10-11,17H,9H2,1-4H3. The molecule has 0 aliphatic carbocycles. The minimum absolute atomic E-state index is 0.179. The van der Waals surface area contributed by atoms with E-state index in [1.807, 2.05) is 12.1 Å². The normalized spacial score (nSPS) is 12.0. The van der Waals surface area contributed by atoms with E-state index >= 15 is 0 Å². The van der Waals surface area contributed by atoms with Gasteiger partial charge in [0.05, 0.1) is 21.3 Å². The number of rotatable bonds is 7. The molecule has 0 saturated heterocycles. The van der Waals surface area contributed by atoms with Crippen LogP contribution in [0.25, 0.3) is 0 Å². The van der Waals surface area contributed by atoms with Crippen molar-refractivity contribution < 1.29 is 14.2 Å². The third-order valence-electron chi connectivity index (χ3n) is 3.38. The van der Waals surface area contributed by atoms with Crippen LogP contribution in [0.2, 0.25) is 0 Å². The predicted molar refractivity (Wildman–Crippen MR) is 85.7 cm³/mol. The van der Waals surface area contributed by atoms with Crippen molar-refractivity contribution in [2.75, 3.05) is 21.3 Å². The largest absolute Gasteiger partial charge is 0.493 e. The third kappa shape index (κ3) is 3.68. The molecule has 2 rings (SSSR count). The summed E-state index contributed by atoms with van der Waals surface area (Å²) in [5.74, 6) is 1.97. The van der Waals surface area contributed by atoms with Crippen LogP contribution >= 0.6 is 11.3 Å². The Labute approximate surface area is 129 Å². The van der Waals surface area contributed by atoms with Crippen LogP contribution in [0.15, 0.2) is 29.0 Å². The predicted octanol–water partition coefficient (Wildman–Crippen LogP) is 3.62. The Morgan fingerprint density at radius 3 is 2.24 bits per heavy atom. The van der Waals surface area contributed by atoms with Gasteiger partial charge in [-0.05, 0) is 47.0 Å². The zero-order chi connectivity index (χ0) is 15.2. The number of hydrogen-bond donors (Lipinski definition) is 1. The van der Waals surface area contributed by atoms with Crippen LogP contribution in [0.4, 0.5) is 0 Å². The molecule has 0 bridgehead atoms. The van der Waals surface area contributed by atoms with E-state index in [0.29, 0.717) is 17.2 Å². The summed E-state index contributed by atoms with van der Waals surface area (Å²) in [4.78, 5) is 0. The molecule has 1 heterocycles. The van der Waals surface area contributed by atoms with Crippen molar-refractivity contribution in [1.82, 2.24) is 5.32 Å². The van der Waals surface area contributed by atoms with Crippen LogP contribution in [0.5, 0.6) is 17.2 Å². The minimum Gasteiger partial charge on any atom is -0.493 e. The molecule has 4 nitrogen and oxygen atoms in total. The molecule has 0 aliphatic heterocycles. The monoisotopic (exact) mass is 307 g/mol. The molecule has 0 saturated carbocycles. The highest BCUT2D eigenvalue weighted by molar-refractivity contribution is 7.07. The Balaban J connectivity index is 2.18. The van der Waals surface area contributed by atoms with Gasteiger partial charge in [-0.3, -0.25) is 0 Å². The smallest absolute Gasteiger partial charge is 0.203 e. The Morgan fingerprint density at radius 2 is 1.76 bits per heavy atom. The topological polar surface area (TPSA) is 39.7 Å². The van der Waals surface area contributed by atoms with E-state index in [0.717, 1.165) is 12.1 Å². The molecule has 0 fully saturated rings. The summed E-state index contributed by atoms with van der Waals surface area (Å²) in [7, 11) is 4.87. The Kier molecular flexibility index (Phi) is 5.47. The molecule has 1 atom stereocenters. The first kappa shape index (κ1) is 15.7. The fourth-order valence-corrected chi connectivity index (χ4v) is 2.80. The van der Waals surface area contributed by atoms with Gasteiger partial charge in [-0.25, -0.2) is 0 Å². The van der Waals surface area contributed by atoms with Crippen LogP contribution in [0, 0.1) is 0 Å². The van der Waals surface area contributed by atoms with E-state index in [2.05, 4.69) is 29.1 Å². The summed E-state index contributed by atoms with van der Waals surface area (Å²) >= 11 is 1.71. The zero-order valence-electron chi connectivity index (χ0n) is 12.8. The summed E-state index contributed by atoms with van der Waals surface area (Å²) < 4.78 is 16.1. The van der Waals surface area contributed by atoms with Crippen molar-refractivity contribution in [2.24, 2.45) is 0 Å². The highest BCUT2D eigenvalue weighted by atomic mass is 32.1. The van der Waals surface area contributed by atoms with Crippen LogP contribution in [0.3, 0.4) is 0 Å². The van der Waals surface area contributed by atoms with E-state index in [-0.39, 0.29) is 6.04 Å². The molecule has 0 radical (unpaired) electrons. The van der Waals surface area contributed by atoms with E-state index < -0.39 is 0 Å². The molecule has 1 unspecified atom stereocenters. The fraction of sp³-hybridized carbons (Fsp3) is 0.375. The maximum atomic E-state index is 5.39. The summed E-state index contributed by atoms with van der Waals surface area (Å²) in [5.41, 5.74) is 2.39. The van der Waals surface area contributed by atoms with Crippen LogP contribution < -0.4 is 19.5 Å². The number of nitrogens with one attached hydrogen (secondary N) is 1. The van der Waals surface area contributed by atoms with Gasteiger partial charge >= 0.3 is 0 Å². The van der Waals surface area contributed by atoms with Gasteiger partial charge in [0.15, 0.2) is 11.5 Å². The average molecular weight is 307 g/mol. The van der Waals surface area contributed by atoms with Crippen molar-refractivity contribution in [3.8, 4) is 17.2 Å². The van der Waals surface area contributed by atoms with E-state index in [1.54, 1.807) is 32.7 Å². The number of benzene rings is 1. The van der Waals surface area contributed by atoms with Crippen molar-refractivity contribution in [3.63, 3.8) is 0 Å². The molecule has 1 aromatic carbocycles. The average Bonchev–Trinajstić information content (AvgIpc) is 3.04. The maximum Gasteiger partial charge on any atom is 0.203 e. The molecule has 21 heavy (non-hydrogen) atoms. The zero-order valence-corrected chi connectivity index (χ0v) is 13.6. The lowest BCUT2D eigenvalue weighted by Gasteiger charge is -2.18. The lowest BCUT2D eigenvalue weighted by Crippen LogP contribution is -2.18. The molecule has 1 N–H and O–H groups in total. The number of hydrogen-bond acceptors (Lipinski definition) is 5. The Hall–Kier alpha value is -1.72. The Morgan fingerprint density at radius 1 is 1.10 bits per heavy atom. The van der Waals surface area contributed by atoms with Crippen molar-refractivity contribution >= 4 is 11.3 Å². The van der Waals surface area contributed by atoms with Crippen LogP contribution in [-0.4, -0.2) is 21.3 Å². The molecule has 0 aliphatic rings. The van der Waals surface area contributed by atoms with Crippen LogP contribution in [0.1, 0.15) is 24.1 Å². The second-order valence-electron chi connectivity index (χ2n) is 4.69. The lowest BCUT2D eigenvalue weighted by molar-refractivity contribution is 0.323. The molecule has 2 aromatic rings. The van der Waals surface area contributed by atoms with Gasteiger partial charge in [0.25, 0.3) is 0 Å². The molecule has 114 valence electrons. The first-order valence-corrected chi connectivity index (χ1v) is 7.68. The van der Waals surface area contributed by atoms with Crippen molar-refractivity contribution in [1.29, 1.82) is 0 Å².